The number of aliphatic hydroxyl groups excluding tert-OH is 1. The van der Waals surface area contributed by atoms with Crippen molar-refractivity contribution in [3.8, 4) is 5.75 Å². The summed E-state index contributed by atoms with van der Waals surface area (Å²) in [6, 6.07) is 11.9. The molecule has 35 heavy (non-hydrogen) atoms. The van der Waals surface area contributed by atoms with Gasteiger partial charge in [0, 0.05) is 36.8 Å². The number of piperidine rings is 1. The number of ether oxygens (including phenoxy) is 1. The Morgan fingerprint density at radius 1 is 1.11 bits per heavy atom. The molecule has 2 aromatic carbocycles. The fraction of sp³-hybridized carbons (Fsp3) is 0.552. The van der Waals surface area contributed by atoms with Crippen molar-refractivity contribution in [3.63, 3.8) is 0 Å². The van der Waals surface area contributed by atoms with Gasteiger partial charge < -0.3 is 14.7 Å². The van der Waals surface area contributed by atoms with Crippen LogP contribution >= 0.6 is 11.6 Å². The Bertz CT molecular complexity index is 1020. The average Bonchev–Trinajstić information content (AvgIpc) is 2.86. The van der Waals surface area contributed by atoms with E-state index in [1.54, 1.807) is 12.1 Å². The van der Waals surface area contributed by atoms with Crippen molar-refractivity contribution in [2.45, 2.75) is 71.6 Å². The second kappa shape index (κ2) is 11.8. The molecule has 2 aliphatic rings. The van der Waals surface area contributed by atoms with E-state index in [0.29, 0.717) is 10.6 Å². The van der Waals surface area contributed by atoms with Crippen LogP contribution in [0.5, 0.6) is 5.75 Å². The summed E-state index contributed by atoms with van der Waals surface area (Å²) < 4.78 is 6.13. The number of aryl methyl sites for hydroxylation is 1. The van der Waals surface area contributed by atoms with Gasteiger partial charge in [-0.15, -0.1) is 0 Å². The predicted octanol–water partition coefficient (Wildman–Crippen LogP) is 5.97. The Morgan fingerprint density at radius 3 is 2.57 bits per heavy atom. The quantitative estimate of drug-likeness (QED) is 0.510. The summed E-state index contributed by atoms with van der Waals surface area (Å²) in [4.78, 5) is 17.7. The van der Waals surface area contributed by atoms with Gasteiger partial charge in [-0.3, -0.25) is 9.69 Å². The Hall–Kier alpha value is -2.08. The number of halogens is 1. The lowest BCUT2D eigenvalue weighted by molar-refractivity contribution is -0.123. The molecule has 5 nitrogen and oxygen atoms in total. The van der Waals surface area contributed by atoms with Crippen LogP contribution < -0.4 is 9.64 Å². The number of anilines is 1. The zero-order valence-corrected chi connectivity index (χ0v) is 22.1. The van der Waals surface area contributed by atoms with Crippen molar-refractivity contribution in [2.75, 3.05) is 25.0 Å². The van der Waals surface area contributed by atoms with Crippen LogP contribution in [-0.2, 0) is 17.9 Å². The van der Waals surface area contributed by atoms with Gasteiger partial charge in [0.05, 0.1) is 12.7 Å². The summed E-state index contributed by atoms with van der Waals surface area (Å²) in [6.07, 6.45) is 6.02. The van der Waals surface area contributed by atoms with Crippen LogP contribution in [0.25, 0.3) is 0 Å². The highest BCUT2D eigenvalue weighted by Crippen LogP contribution is 2.32. The smallest absolute Gasteiger partial charge is 0.229 e. The van der Waals surface area contributed by atoms with Gasteiger partial charge in [-0.25, -0.2) is 0 Å². The highest BCUT2D eigenvalue weighted by Gasteiger charge is 2.30. The van der Waals surface area contributed by atoms with Crippen molar-refractivity contribution in [1.82, 2.24) is 4.90 Å². The van der Waals surface area contributed by atoms with E-state index in [0.717, 1.165) is 49.6 Å². The second-order valence-electron chi connectivity index (χ2n) is 10.5. The van der Waals surface area contributed by atoms with Crippen molar-refractivity contribution < 1.29 is 14.6 Å². The number of nitrogens with zero attached hydrogens (tertiary/aromatic N) is 2. The molecule has 2 aromatic rings. The lowest BCUT2D eigenvalue weighted by Gasteiger charge is -2.32. The largest absolute Gasteiger partial charge is 0.490 e. The van der Waals surface area contributed by atoms with Gasteiger partial charge in [0.15, 0.2) is 0 Å². The molecular formula is C29H39ClN2O3. The monoisotopic (exact) mass is 498 g/mol. The third-order valence-electron chi connectivity index (χ3n) is 7.69. The highest BCUT2D eigenvalue weighted by molar-refractivity contribution is 6.31. The van der Waals surface area contributed by atoms with Crippen LogP contribution in [0.3, 0.4) is 0 Å². The van der Waals surface area contributed by atoms with E-state index in [-0.39, 0.29) is 24.5 Å². The van der Waals surface area contributed by atoms with E-state index >= 15 is 0 Å². The van der Waals surface area contributed by atoms with Crippen molar-refractivity contribution in [2.24, 2.45) is 11.8 Å². The first-order valence-electron chi connectivity index (χ1n) is 13.0. The molecule has 2 fully saturated rings. The van der Waals surface area contributed by atoms with Gasteiger partial charge in [0.25, 0.3) is 0 Å². The maximum atomic E-state index is 13.3. The summed E-state index contributed by atoms with van der Waals surface area (Å²) in [5.41, 5.74) is 4.25. The van der Waals surface area contributed by atoms with Crippen LogP contribution in [0, 0.1) is 18.8 Å². The van der Waals surface area contributed by atoms with Crippen LogP contribution in [0.2, 0.25) is 5.02 Å². The molecule has 4 rings (SSSR count). The third-order valence-corrected chi connectivity index (χ3v) is 8.06. The molecule has 1 heterocycles. The van der Waals surface area contributed by atoms with Gasteiger partial charge in [-0.1, -0.05) is 24.6 Å². The fourth-order valence-corrected chi connectivity index (χ4v) is 5.68. The molecule has 1 amide bonds. The Morgan fingerprint density at radius 2 is 1.89 bits per heavy atom. The highest BCUT2D eigenvalue weighted by atomic mass is 35.5. The van der Waals surface area contributed by atoms with Crippen LogP contribution in [-0.4, -0.2) is 42.2 Å². The molecule has 1 aliphatic heterocycles. The maximum Gasteiger partial charge on any atom is 0.229 e. The van der Waals surface area contributed by atoms with Gasteiger partial charge in [-0.2, -0.15) is 0 Å². The lowest BCUT2D eigenvalue weighted by Crippen LogP contribution is -2.37. The van der Waals surface area contributed by atoms with E-state index in [1.165, 1.54) is 37.1 Å². The lowest BCUT2D eigenvalue weighted by atomic mass is 9.86. The Labute approximate surface area is 215 Å². The number of amides is 1. The first kappa shape index (κ1) is 26.0. The van der Waals surface area contributed by atoms with E-state index in [9.17, 15) is 9.90 Å². The molecule has 1 saturated heterocycles. The molecule has 1 aliphatic carbocycles. The number of carbonyl (C=O) groups excluding carboxylic acids is 1. The average molecular weight is 499 g/mol. The summed E-state index contributed by atoms with van der Waals surface area (Å²) >= 11 is 6.08. The molecule has 190 valence electrons. The minimum absolute atomic E-state index is 0.0212. The molecule has 0 radical (unpaired) electrons. The van der Waals surface area contributed by atoms with E-state index in [2.05, 4.69) is 36.9 Å². The van der Waals surface area contributed by atoms with E-state index < -0.39 is 0 Å². The molecule has 0 unspecified atom stereocenters. The number of carbonyl (C=O) groups is 1. The fourth-order valence-electron chi connectivity index (χ4n) is 5.50. The minimum atomic E-state index is -0.110. The summed E-state index contributed by atoms with van der Waals surface area (Å²) in [6.45, 7) is 7.73. The number of likely N-dealkylation sites (tertiary alicyclic amines) is 1. The molecule has 0 spiro atoms. The van der Waals surface area contributed by atoms with Gasteiger partial charge >= 0.3 is 0 Å². The van der Waals surface area contributed by atoms with Gasteiger partial charge in [0.2, 0.25) is 5.91 Å². The Balaban J connectivity index is 1.30. The first-order valence-corrected chi connectivity index (χ1v) is 13.4. The molecule has 0 bridgehead atoms. The summed E-state index contributed by atoms with van der Waals surface area (Å²) in [5, 5.41) is 9.96. The van der Waals surface area contributed by atoms with Gasteiger partial charge in [0.1, 0.15) is 5.75 Å². The molecule has 1 N–H and O–H groups in total. The SMILES string of the molecule is Cc1cc(N(C)C(=O)C2CCC(Oc3ccc(Cl)c(CO)c3)CC2)ccc1CN1CCC[C@@H](C)C1. The van der Waals surface area contributed by atoms with Crippen LogP contribution in [0.1, 0.15) is 62.1 Å². The van der Waals surface area contributed by atoms with Gasteiger partial charge in [-0.05, 0) is 105 Å². The molecule has 1 saturated carbocycles. The van der Waals surface area contributed by atoms with Crippen molar-refractivity contribution >= 4 is 23.2 Å². The maximum absolute atomic E-state index is 13.3. The van der Waals surface area contributed by atoms with Crippen molar-refractivity contribution in [3.05, 3.63) is 58.1 Å². The third kappa shape index (κ3) is 6.58. The molecule has 0 aromatic heterocycles. The number of hydrogen-bond acceptors (Lipinski definition) is 4. The summed E-state index contributed by atoms with van der Waals surface area (Å²) in [5.74, 6) is 1.71. The summed E-state index contributed by atoms with van der Waals surface area (Å²) in [7, 11) is 1.90. The zero-order chi connectivity index (χ0) is 24.9. The molecule has 1 atom stereocenters. The van der Waals surface area contributed by atoms with Crippen LogP contribution in [0.15, 0.2) is 36.4 Å². The van der Waals surface area contributed by atoms with Crippen LogP contribution in [0.4, 0.5) is 5.69 Å². The standard InChI is InChI=1S/C29H39ClN2O3/c1-20-5-4-14-32(17-20)18-23-6-9-25(15-21(23)2)31(3)29(34)22-7-10-26(11-8-22)35-27-12-13-28(30)24(16-27)19-33/h6,9,12-13,15-16,20,22,26,33H,4-5,7-8,10-11,14,17-19H2,1-3H3/t20-,22?,26?/m1/s1. The number of hydrogen-bond donors (Lipinski definition) is 1. The normalized spacial score (nSPS) is 23.2. The Kier molecular flexibility index (Phi) is 8.74. The minimum Gasteiger partial charge on any atom is -0.490 e. The number of benzene rings is 2. The zero-order valence-electron chi connectivity index (χ0n) is 21.3. The second-order valence-corrected chi connectivity index (χ2v) is 10.9. The number of rotatable bonds is 7. The topological polar surface area (TPSA) is 53.0 Å². The number of aliphatic hydroxyl groups is 1. The van der Waals surface area contributed by atoms with E-state index in [1.807, 2.05) is 18.0 Å². The molecule has 6 heteroatoms. The molecular weight excluding hydrogens is 460 g/mol. The predicted molar refractivity (Wildman–Crippen MR) is 142 cm³/mol. The first-order chi connectivity index (χ1) is 16.8. The van der Waals surface area contributed by atoms with E-state index in [4.69, 9.17) is 16.3 Å². The van der Waals surface area contributed by atoms with Crippen molar-refractivity contribution in [1.29, 1.82) is 0 Å².